The molecule has 0 spiro atoms. The summed E-state index contributed by atoms with van der Waals surface area (Å²) < 4.78 is -0.658. The number of pyridine rings is 2. The lowest BCUT2D eigenvalue weighted by atomic mass is 9.87. The summed E-state index contributed by atoms with van der Waals surface area (Å²) in [5.74, 6) is 0. The number of hydrogen-bond acceptors (Lipinski definition) is 4. The fraction of sp³-hybridized carbons (Fsp3) is 0.263. The number of nitrogens with one attached hydrogen (secondary N) is 1. The van der Waals surface area contributed by atoms with Crippen molar-refractivity contribution in [2.24, 2.45) is 5.73 Å². The minimum absolute atomic E-state index is 0.390. The van der Waals surface area contributed by atoms with Crippen LogP contribution in [0.5, 0.6) is 0 Å². The van der Waals surface area contributed by atoms with Crippen molar-refractivity contribution in [2.75, 3.05) is 0 Å². The monoisotopic (exact) mass is 466 g/mol. The lowest BCUT2D eigenvalue weighted by molar-refractivity contribution is 0.306. The van der Waals surface area contributed by atoms with Crippen molar-refractivity contribution in [3.05, 3.63) is 71.1 Å². The molecule has 0 radical (unpaired) electrons. The van der Waals surface area contributed by atoms with Gasteiger partial charge in [-0.25, -0.2) is 0 Å². The molecule has 0 bridgehead atoms. The molecule has 3 rings (SSSR count). The third kappa shape index (κ3) is 3.79. The molecule has 0 fully saturated rings. The molecule has 2 aromatic heterocycles. The van der Waals surface area contributed by atoms with Gasteiger partial charge in [0, 0.05) is 34.9 Å². The van der Waals surface area contributed by atoms with Crippen molar-refractivity contribution in [3.63, 3.8) is 0 Å². The summed E-state index contributed by atoms with van der Waals surface area (Å²) in [6.07, 6.45) is 3.58. The van der Waals surface area contributed by atoms with E-state index in [-0.39, 0.29) is 5.54 Å². The summed E-state index contributed by atoms with van der Waals surface area (Å²) in [5, 5.41) is 5.23. The van der Waals surface area contributed by atoms with Crippen LogP contribution in [0.1, 0.15) is 25.1 Å². The Balaban J connectivity index is 1.94. The van der Waals surface area contributed by atoms with E-state index in [1.807, 2.05) is 42.5 Å². The summed E-state index contributed by atoms with van der Waals surface area (Å²) in [5.41, 5.74) is 9.28. The first-order valence-electron chi connectivity index (χ1n) is 7.99. The van der Waals surface area contributed by atoms with Crippen molar-refractivity contribution in [1.29, 1.82) is 0 Å². The molecule has 25 heavy (non-hydrogen) atoms. The normalized spacial score (nSPS) is 14.4. The Morgan fingerprint density at radius 1 is 1.12 bits per heavy atom. The van der Waals surface area contributed by atoms with Crippen LogP contribution in [0.25, 0.3) is 10.9 Å². The lowest BCUT2D eigenvalue weighted by Crippen LogP contribution is -2.58. The van der Waals surface area contributed by atoms with Crippen LogP contribution in [0.3, 0.4) is 0 Å². The first-order valence-corrected chi connectivity index (χ1v) is 9.44. The number of nitrogens with zero attached hydrogens (tertiary/aromatic N) is 2. The van der Waals surface area contributed by atoms with E-state index in [9.17, 15) is 0 Å². The van der Waals surface area contributed by atoms with Gasteiger partial charge in [-0.2, -0.15) is 0 Å². The molecule has 2 heterocycles. The second-order valence-corrected chi connectivity index (χ2v) is 8.67. The Hall–Kier alpha value is -1.28. The molecule has 0 saturated carbocycles. The first-order chi connectivity index (χ1) is 11.8. The predicted molar refractivity (Wildman–Crippen MR) is 112 cm³/mol. The summed E-state index contributed by atoms with van der Waals surface area (Å²) in [4.78, 5) is 8.78. The summed E-state index contributed by atoms with van der Waals surface area (Å²) >= 11 is 8.42. The Labute approximate surface area is 166 Å². The number of nitrogens with two attached hydrogens (primary N) is 1. The van der Waals surface area contributed by atoms with Crippen molar-refractivity contribution >= 4 is 45.1 Å². The third-order valence-electron chi connectivity index (χ3n) is 4.44. The van der Waals surface area contributed by atoms with Crippen LogP contribution in [0, 0.1) is 0 Å². The fourth-order valence-corrected chi connectivity index (χ4v) is 3.55. The van der Waals surface area contributed by atoms with E-state index in [1.54, 1.807) is 12.4 Å². The van der Waals surface area contributed by atoms with Crippen molar-refractivity contribution < 1.29 is 0 Å². The predicted octanol–water partition coefficient (Wildman–Crippen LogP) is 4.40. The molecule has 3 aromatic rings. The molecule has 0 saturated heterocycles. The highest BCUT2D eigenvalue weighted by atomic mass is 127. The zero-order valence-electron chi connectivity index (χ0n) is 14.1. The molecule has 6 heteroatoms. The molecule has 0 aliphatic rings. The van der Waals surface area contributed by atoms with Gasteiger partial charge in [0.2, 0.25) is 0 Å². The number of hydrogen-bond donors (Lipinski definition) is 2. The highest BCUT2D eigenvalue weighted by molar-refractivity contribution is 14.1. The second kappa shape index (κ2) is 7.15. The van der Waals surface area contributed by atoms with E-state index in [0.717, 1.165) is 22.2 Å². The molecule has 4 nitrogen and oxygen atoms in total. The quantitative estimate of drug-likeness (QED) is 0.332. The van der Waals surface area contributed by atoms with Crippen LogP contribution in [-0.4, -0.2) is 15.5 Å². The topological polar surface area (TPSA) is 63.8 Å². The Kier molecular flexibility index (Phi) is 5.29. The number of benzene rings is 1. The molecule has 1 unspecified atom stereocenters. The fourth-order valence-electron chi connectivity index (χ4n) is 2.72. The number of fused-ring (bicyclic) bond motifs is 1. The largest absolute Gasteiger partial charge is 0.312 e. The molecule has 0 amide bonds. The maximum absolute atomic E-state index is 6.83. The van der Waals surface area contributed by atoms with E-state index in [4.69, 9.17) is 17.3 Å². The van der Waals surface area contributed by atoms with Gasteiger partial charge in [0.15, 0.2) is 0 Å². The average Bonchev–Trinajstić information content (AvgIpc) is 2.60. The van der Waals surface area contributed by atoms with Gasteiger partial charge in [0.1, 0.15) is 3.55 Å². The van der Waals surface area contributed by atoms with Gasteiger partial charge in [0.25, 0.3) is 0 Å². The average molecular weight is 467 g/mol. The van der Waals surface area contributed by atoms with Gasteiger partial charge in [-0.3, -0.25) is 9.97 Å². The molecular weight excluding hydrogens is 447 g/mol. The highest BCUT2D eigenvalue weighted by Gasteiger charge is 2.41. The highest BCUT2D eigenvalue weighted by Crippen LogP contribution is 2.40. The van der Waals surface area contributed by atoms with Crippen LogP contribution in [0.2, 0.25) is 5.02 Å². The molecule has 0 aliphatic heterocycles. The smallest absolute Gasteiger partial charge is 0.112 e. The van der Waals surface area contributed by atoms with Crippen molar-refractivity contribution in [1.82, 2.24) is 15.3 Å². The van der Waals surface area contributed by atoms with Gasteiger partial charge in [-0.15, -0.1) is 0 Å². The SMILES string of the molecule is CC(C)(NCc1ccccn1)C(N)(I)c1ccnc2cc(Cl)ccc12. The Morgan fingerprint density at radius 3 is 2.64 bits per heavy atom. The summed E-state index contributed by atoms with van der Waals surface area (Å²) in [7, 11) is 0. The van der Waals surface area contributed by atoms with Crippen LogP contribution < -0.4 is 11.1 Å². The second-order valence-electron chi connectivity index (χ2n) is 6.53. The van der Waals surface area contributed by atoms with Crippen LogP contribution in [0.4, 0.5) is 0 Å². The van der Waals surface area contributed by atoms with Gasteiger partial charge in [-0.05, 0) is 49.7 Å². The van der Waals surface area contributed by atoms with E-state index in [0.29, 0.717) is 11.6 Å². The zero-order valence-corrected chi connectivity index (χ0v) is 17.0. The van der Waals surface area contributed by atoms with Gasteiger partial charge in [0.05, 0.1) is 11.2 Å². The van der Waals surface area contributed by atoms with Gasteiger partial charge >= 0.3 is 0 Å². The molecule has 1 atom stereocenters. The number of alkyl halides is 1. The first kappa shape index (κ1) is 18.5. The summed E-state index contributed by atoms with van der Waals surface area (Å²) in [6.45, 7) is 4.85. The van der Waals surface area contributed by atoms with Gasteiger partial charge < -0.3 is 11.1 Å². The molecule has 1 aromatic carbocycles. The van der Waals surface area contributed by atoms with Crippen molar-refractivity contribution in [3.8, 4) is 0 Å². The maximum atomic E-state index is 6.83. The Bertz CT molecular complexity index is 881. The van der Waals surface area contributed by atoms with E-state index in [2.05, 4.69) is 51.7 Å². The van der Waals surface area contributed by atoms with Crippen LogP contribution in [0.15, 0.2) is 54.9 Å². The molecule has 130 valence electrons. The van der Waals surface area contributed by atoms with E-state index in [1.165, 1.54) is 0 Å². The third-order valence-corrected chi connectivity index (χ3v) is 6.61. The standard InChI is InChI=1S/C19H20ClIN4/c1-18(2,25-12-14-5-3-4-9-23-14)19(21,22)16-8-10-24-17-11-13(20)6-7-15(16)17/h3-11,25H,12,22H2,1-2H3. The maximum Gasteiger partial charge on any atom is 0.112 e. The minimum atomic E-state index is -0.658. The lowest BCUT2D eigenvalue weighted by Gasteiger charge is -2.41. The van der Waals surface area contributed by atoms with Crippen molar-refractivity contribution in [2.45, 2.75) is 29.5 Å². The number of aromatic nitrogens is 2. The van der Waals surface area contributed by atoms with E-state index >= 15 is 0 Å². The van der Waals surface area contributed by atoms with Crippen LogP contribution in [-0.2, 0) is 10.1 Å². The minimum Gasteiger partial charge on any atom is -0.312 e. The molecule has 3 N–H and O–H groups in total. The van der Waals surface area contributed by atoms with Gasteiger partial charge in [-0.1, -0.05) is 46.3 Å². The number of halogens is 2. The zero-order chi connectivity index (χ0) is 18.1. The van der Waals surface area contributed by atoms with Crippen LogP contribution >= 0.6 is 34.2 Å². The summed E-state index contributed by atoms with van der Waals surface area (Å²) in [6, 6.07) is 13.6. The Morgan fingerprint density at radius 2 is 1.92 bits per heavy atom. The molecular formula is C19H20ClIN4. The molecule has 0 aliphatic carbocycles. The number of rotatable bonds is 5. The van der Waals surface area contributed by atoms with E-state index < -0.39 is 3.55 Å².